The van der Waals surface area contributed by atoms with Crippen molar-refractivity contribution < 1.29 is 4.79 Å². The van der Waals surface area contributed by atoms with E-state index in [1.54, 1.807) is 12.4 Å². The number of hydrogen-bond donors (Lipinski definition) is 3. The van der Waals surface area contributed by atoms with Crippen molar-refractivity contribution in [3.8, 4) is 0 Å². The molecule has 0 atom stereocenters. The van der Waals surface area contributed by atoms with E-state index in [2.05, 4.69) is 27.5 Å². The van der Waals surface area contributed by atoms with Crippen LogP contribution in [0.4, 0.5) is 16.4 Å². The molecule has 0 bridgehead atoms. The Bertz CT molecular complexity index is 534. The van der Waals surface area contributed by atoms with E-state index in [0.29, 0.717) is 5.95 Å². The molecule has 2 rings (SSSR count). The Hall–Kier alpha value is -2.30. The van der Waals surface area contributed by atoms with Crippen molar-refractivity contribution in [2.45, 2.75) is 20.3 Å². The van der Waals surface area contributed by atoms with Crippen molar-refractivity contribution in [1.82, 2.24) is 9.97 Å². The highest BCUT2D eigenvalue weighted by molar-refractivity contribution is 5.99. The van der Waals surface area contributed by atoms with Gasteiger partial charge >= 0.3 is 6.03 Å². The molecule has 1 heterocycles. The number of urea groups is 1. The predicted molar refractivity (Wildman–Crippen MR) is 71.8 cm³/mol. The van der Waals surface area contributed by atoms with Gasteiger partial charge in [-0.1, -0.05) is 25.1 Å². The normalized spacial score (nSPS) is 10.1. The topological polar surface area (TPSA) is 69.8 Å². The number of aryl methyl sites for hydroxylation is 2. The van der Waals surface area contributed by atoms with E-state index in [-0.39, 0.29) is 6.03 Å². The van der Waals surface area contributed by atoms with E-state index < -0.39 is 0 Å². The molecule has 0 saturated carbocycles. The zero-order chi connectivity index (χ0) is 13.0. The molecule has 1 aromatic carbocycles. The van der Waals surface area contributed by atoms with E-state index in [9.17, 15) is 4.79 Å². The molecule has 94 valence electrons. The smallest absolute Gasteiger partial charge is 0.326 e. The molecule has 0 unspecified atom stereocenters. The molecule has 2 aromatic rings. The maximum absolute atomic E-state index is 11.8. The molecule has 0 spiro atoms. The number of imidazole rings is 1. The molecular formula is C13H16N4O. The SMILES string of the molecule is CCc1cccc(C)c1NC(=O)Nc1ncc[nH]1. The van der Waals surface area contributed by atoms with Gasteiger partial charge in [-0.25, -0.2) is 9.78 Å². The Kier molecular flexibility index (Phi) is 3.62. The lowest BCUT2D eigenvalue weighted by Gasteiger charge is -2.12. The van der Waals surface area contributed by atoms with Crippen LogP contribution in [0.5, 0.6) is 0 Å². The average Bonchev–Trinajstić information content (AvgIpc) is 2.84. The van der Waals surface area contributed by atoms with E-state index >= 15 is 0 Å². The Morgan fingerprint density at radius 1 is 1.39 bits per heavy atom. The number of carbonyl (C=O) groups is 1. The second-order valence-electron chi connectivity index (χ2n) is 3.98. The van der Waals surface area contributed by atoms with Gasteiger partial charge in [0.25, 0.3) is 0 Å². The quantitative estimate of drug-likeness (QED) is 0.777. The lowest BCUT2D eigenvalue weighted by molar-refractivity contribution is 0.262. The third-order valence-corrected chi connectivity index (χ3v) is 2.71. The van der Waals surface area contributed by atoms with Crippen molar-refractivity contribution >= 4 is 17.7 Å². The van der Waals surface area contributed by atoms with Gasteiger partial charge in [0, 0.05) is 18.1 Å². The van der Waals surface area contributed by atoms with E-state index in [1.807, 2.05) is 25.1 Å². The maximum Gasteiger partial charge on any atom is 0.326 e. The number of H-pyrrole nitrogens is 1. The Morgan fingerprint density at radius 2 is 2.22 bits per heavy atom. The fourth-order valence-corrected chi connectivity index (χ4v) is 1.79. The highest BCUT2D eigenvalue weighted by atomic mass is 16.2. The average molecular weight is 244 g/mol. The summed E-state index contributed by atoms with van der Waals surface area (Å²) in [4.78, 5) is 18.6. The summed E-state index contributed by atoms with van der Waals surface area (Å²) < 4.78 is 0. The van der Waals surface area contributed by atoms with Gasteiger partial charge in [0.2, 0.25) is 5.95 Å². The summed E-state index contributed by atoms with van der Waals surface area (Å²) in [7, 11) is 0. The molecule has 0 aliphatic heterocycles. The molecule has 2 amide bonds. The molecule has 18 heavy (non-hydrogen) atoms. The molecule has 0 fully saturated rings. The minimum atomic E-state index is -0.297. The molecule has 0 saturated heterocycles. The van der Waals surface area contributed by atoms with E-state index in [1.165, 1.54) is 0 Å². The minimum Gasteiger partial charge on any atom is -0.331 e. The number of hydrogen-bond acceptors (Lipinski definition) is 2. The highest BCUT2D eigenvalue weighted by Crippen LogP contribution is 2.21. The second kappa shape index (κ2) is 5.35. The Morgan fingerprint density at radius 3 is 2.89 bits per heavy atom. The van der Waals surface area contributed by atoms with Gasteiger partial charge in [0.1, 0.15) is 0 Å². The standard InChI is InChI=1S/C13H16N4O/c1-3-10-6-4-5-9(2)11(10)16-13(18)17-12-14-7-8-15-12/h4-8H,3H2,1-2H3,(H3,14,15,16,17,18). The van der Waals surface area contributed by atoms with Crippen LogP contribution in [-0.4, -0.2) is 16.0 Å². The second-order valence-corrected chi connectivity index (χ2v) is 3.98. The number of amides is 2. The van der Waals surface area contributed by atoms with Crippen LogP contribution < -0.4 is 10.6 Å². The number of benzene rings is 1. The first-order chi connectivity index (χ1) is 8.70. The molecular weight excluding hydrogens is 228 g/mol. The van der Waals surface area contributed by atoms with Crippen molar-refractivity contribution in [3.63, 3.8) is 0 Å². The van der Waals surface area contributed by atoms with Crippen LogP contribution in [0.15, 0.2) is 30.6 Å². The molecule has 5 heteroatoms. The predicted octanol–water partition coefficient (Wildman–Crippen LogP) is 2.92. The summed E-state index contributed by atoms with van der Waals surface area (Å²) >= 11 is 0. The first-order valence-corrected chi connectivity index (χ1v) is 5.86. The Labute approximate surface area is 106 Å². The number of nitrogens with zero attached hydrogens (tertiary/aromatic N) is 1. The van der Waals surface area contributed by atoms with Crippen molar-refractivity contribution in [2.24, 2.45) is 0 Å². The molecule has 3 N–H and O–H groups in total. The van der Waals surface area contributed by atoms with Gasteiger partial charge in [-0.15, -0.1) is 0 Å². The number of aromatic nitrogens is 2. The van der Waals surface area contributed by atoms with Crippen molar-refractivity contribution in [1.29, 1.82) is 0 Å². The fraction of sp³-hybridized carbons (Fsp3) is 0.231. The molecule has 1 aromatic heterocycles. The zero-order valence-electron chi connectivity index (χ0n) is 10.4. The molecule has 0 radical (unpaired) electrons. The summed E-state index contributed by atoms with van der Waals surface area (Å²) in [6, 6.07) is 5.68. The molecule has 0 aliphatic rings. The molecule has 0 aliphatic carbocycles. The van der Waals surface area contributed by atoms with E-state index in [4.69, 9.17) is 0 Å². The van der Waals surface area contributed by atoms with Crippen LogP contribution in [0.2, 0.25) is 0 Å². The Balaban J connectivity index is 2.11. The van der Waals surface area contributed by atoms with Crippen LogP contribution in [0.1, 0.15) is 18.1 Å². The summed E-state index contributed by atoms with van der Waals surface area (Å²) in [5.41, 5.74) is 3.03. The highest BCUT2D eigenvalue weighted by Gasteiger charge is 2.09. The van der Waals surface area contributed by atoms with Crippen LogP contribution in [0.25, 0.3) is 0 Å². The van der Waals surface area contributed by atoms with Crippen LogP contribution in [-0.2, 0) is 6.42 Å². The van der Waals surface area contributed by atoms with Crippen molar-refractivity contribution in [2.75, 3.05) is 10.6 Å². The third kappa shape index (κ3) is 2.68. The van der Waals surface area contributed by atoms with Gasteiger partial charge in [-0.3, -0.25) is 5.32 Å². The molecule has 5 nitrogen and oxygen atoms in total. The minimum absolute atomic E-state index is 0.297. The van der Waals surface area contributed by atoms with Crippen molar-refractivity contribution in [3.05, 3.63) is 41.7 Å². The summed E-state index contributed by atoms with van der Waals surface area (Å²) in [5, 5.41) is 5.49. The zero-order valence-corrected chi connectivity index (χ0v) is 10.4. The lowest BCUT2D eigenvalue weighted by Crippen LogP contribution is -2.21. The summed E-state index contributed by atoms with van der Waals surface area (Å²) in [6.45, 7) is 4.03. The van der Waals surface area contributed by atoms with Crippen LogP contribution in [0, 0.1) is 6.92 Å². The number of aromatic amines is 1. The summed E-state index contributed by atoms with van der Waals surface area (Å²) in [6.07, 6.45) is 4.11. The number of carbonyl (C=O) groups excluding carboxylic acids is 1. The lowest BCUT2D eigenvalue weighted by atomic mass is 10.1. The number of para-hydroxylation sites is 1. The number of nitrogens with one attached hydrogen (secondary N) is 3. The largest absolute Gasteiger partial charge is 0.331 e. The van der Waals surface area contributed by atoms with Crippen LogP contribution in [0.3, 0.4) is 0 Å². The van der Waals surface area contributed by atoms with Gasteiger partial charge in [0.05, 0.1) is 0 Å². The maximum atomic E-state index is 11.8. The fourth-order valence-electron chi connectivity index (χ4n) is 1.79. The number of rotatable bonds is 3. The van der Waals surface area contributed by atoms with Gasteiger partial charge in [-0.2, -0.15) is 0 Å². The number of anilines is 2. The first kappa shape index (κ1) is 12.2. The summed E-state index contributed by atoms with van der Waals surface area (Å²) in [5.74, 6) is 0.430. The first-order valence-electron chi connectivity index (χ1n) is 5.86. The van der Waals surface area contributed by atoms with Crippen LogP contribution >= 0.6 is 0 Å². The monoisotopic (exact) mass is 244 g/mol. The third-order valence-electron chi connectivity index (χ3n) is 2.71. The van der Waals surface area contributed by atoms with Gasteiger partial charge in [0.15, 0.2) is 0 Å². The van der Waals surface area contributed by atoms with Gasteiger partial charge in [-0.05, 0) is 24.5 Å². The van der Waals surface area contributed by atoms with Gasteiger partial charge < -0.3 is 10.3 Å². The van der Waals surface area contributed by atoms with E-state index in [0.717, 1.165) is 23.2 Å².